The smallest absolute Gasteiger partial charge is 0.140 e. The van der Waals surface area contributed by atoms with Crippen molar-refractivity contribution in [1.82, 2.24) is 4.98 Å². The van der Waals surface area contributed by atoms with Gasteiger partial charge >= 0.3 is 0 Å². The third-order valence-corrected chi connectivity index (χ3v) is 2.43. The summed E-state index contributed by atoms with van der Waals surface area (Å²) in [6, 6.07) is 5.59. The lowest BCUT2D eigenvalue weighted by Crippen LogP contribution is -2.02. The van der Waals surface area contributed by atoms with Crippen LogP contribution in [0.25, 0.3) is 0 Å². The van der Waals surface area contributed by atoms with Crippen molar-refractivity contribution in [3.8, 4) is 6.07 Å². The van der Waals surface area contributed by atoms with Crippen molar-refractivity contribution < 1.29 is 0 Å². The molecule has 0 atom stereocenters. The maximum absolute atomic E-state index is 8.54. The Balaban J connectivity index is 2.33. The molecule has 0 spiro atoms. The molecule has 4 heteroatoms. The van der Waals surface area contributed by atoms with Crippen molar-refractivity contribution in [3.05, 3.63) is 24.0 Å². The van der Waals surface area contributed by atoms with Gasteiger partial charge in [0.15, 0.2) is 0 Å². The summed E-state index contributed by atoms with van der Waals surface area (Å²) >= 11 is 1.84. The molecule has 1 aromatic heterocycles. The van der Waals surface area contributed by atoms with Gasteiger partial charge in [-0.15, -0.1) is 0 Å². The number of pyridine rings is 1. The van der Waals surface area contributed by atoms with Crippen molar-refractivity contribution >= 4 is 17.4 Å². The number of hydrogen-bond acceptors (Lipinski definition) is 4. The Morgan fingerprint density at radius 2 is 2.43 bits per heavy atom. The molecular weight excluding hydrogens is 194 g/mol. The third-order valence-electron chi connectivity index (χ3n) is 1.73. The van der Waals surface area contributed by atoms with E-state index in [1.807, 2.05) is 23.9 Å². The first-order valence-electron chi connectivity index (χ1n) is 4.46. The lowest BCUT2D eigenvalue weighted by atomic mass is 10.3. The molecule has 0 unspecified atom stereocenters. The standard InChI is InChI=1S/C10H13N3S/c1-14-6-2-5-12-10-4-3-9(7-11)13-8-10/h3-4,8,12H,2,5-6H2,1H3. The van der Waals surface area contributed by atoms with Gasteiger partial charge in [0.05, 0.1) is 11.9 Å². The number of nitrogens with zero attached hydrogens (tertiary/aromatic N) is 2. The largest absolute Gasteiger partial charge is 0.384 e. The molecule has 74 valence electrons. The van der Waals surface area contributed by atoms with Crippen LogP contribution in [0, 0.1) is 11.3 Å². The van der Waals surface area contributed by atoms with Gasteiger partial charge in [0.2, 0.25) is 0 Å². The molecule has 0 bridgehead atoms. The van der Waals surface area contributed by atoms with Crippen LogP contribution in [-0.4, -0.2) is 23.5 Å². The molecule has 1 rings (SSSR count). The summed E-state index contributed by atoms with van der Waals surface area (Å²) in [5, 5.41) is 11.8. The molecule has 0 radical (unpaired) electrons. The monoisotopic (exact) mass is 207 g/mol. The molecule has 0 saturated carbocycles. The Labute approximate surface area is 88.5 Å². The Hall–Kier alpha value is -1.21. The van der Waals surface area contributed by atoms with Crippen molar-refractivity contribution in [2.24, 2.45) is 0 Å². The number of nitriles is 1. The molecule has 0 aliphatic rings. The average Bonchev–Trinajstić information content (AvgIpc) is 2.25. The SMILES string of the molecule is CSCCCNc1ccc(C#N)nc1. The Bertz CT molecular complexity index is 302. The van der Waals surface area contributed by atoms with E-state index in [1.54, 1.807) is 12.3 Å². The van der Waals surface area contributed by atoms with Crippen LogP contribution < -0.4 is 5.32 Å². The summed E-state index contributed by atoms with van der Waals surface area (Å²) in [6.07, 6.45) is 4.93. The first-order valence-corrected chi connectivity index (χ1v) is 5.85. The van der Waals surface area contributed by atoms with Gasteiger partial charge in [-0.1, -0.05) is 0 Å². The fourth-order valence-electron chi connectivity index (χ4n) is 1.01. The van der Waals surface area contributed by atoms with Crippen molar-refractivity contribution in [1.29, 1.82) is 5.26 Å². The van der Waals surface area contributed by atoms with E-state index in [2.05, 4.69) is 16.6 Å². The molecular formula is C10H13N3S. The Kier molecular flexibility index (Phi) is 4.87. The van der Waals surface area contributed by atoms with Gasteiger partial charge in [0, 0.05) is 6.54 Å². The molecule has 0 saturated heterocycles. The fourth-order valence-corrected chi connectivity index (χ4v) is 1.45. The zero-order valence-corrected chi connectivity index (χ0v) is 8.97. The van der Waals surface area contributed by atoms with Crippen LogP contribution >= 0.6 is 11.8 Å². The highest BCUT2D eigenvalue weighted by Gasteiger charge is 1.93. The molecule has 0 amide bonds. The van der Waals surface area contributed by atoms with Crippen LogP contribution in [0.2, 0.25) is 0 Å². The van der Waals surface area contributed by atoms with Gasteiger partial charge in [-0.05, 0) is 30.6 Å². The molecule has 3 nitrogen and oxygen atoms in total. The lowest BCUT2D eigenvalue weighted by molar-refractivity contribution is 0.990. The molecule has 1 N–H and O–H groups in total. The first-order chi connectivity index (χ1) is 6.86. The number of anilines is 1. The molecule has 0 fully saturated rings. The van der Waals surface area contributed by atoms with E-state index < -0.39 is 0 Å². The molecule has 0 aliphatic heterocycles. The van der Waals surface area contributed by atoms with Crippen molar-refractivity contribution in [2.45, 2.75) is 6.42 Å². The van der Waals surface area contributed by atoms with Crippen LogP contribution in [0.3, 0.4) is 0 Å². The van der Waals surface area contributed by atoms with E-state index >= 15 is 0 Å². The van der Waals surface area contributed by atoms with E-state index in [0.717, 1.165) is 24.4 Å². The minimum Gasteiger partial charge on any atom is -0.384 e. The second-order valence-corrected chi connectivity index (χ2v) is 3.80. The predicted molar refractivity (Wildman–Crippen MR) is 60.4 cm³/mol. The number of rotatable bonds is 5. The summed E-state index contributed by atoms with van der Waals surface area (Å²) in [4.78, 5) is 3.97. The van der Waals surface area contributed by atoms with Gasteiger partial charge in [0.25, 0.3) is 0 Å². The normalized spacial score (nSPS) is 9.43. The summed E-state index contributed by atoms with van der Waals surface area (Å²) in [5.74, 6) is 1.16. The van der Waals surface area contributed by atoms with Gasteiger partial charge in [0.1, 0.15) is 11.8 Å². The predicted octanol–water partition coefficient (Wildman–Crippen LogP) is 2.12. The molecule has 0 aromatic carbocycles. The second-order valence-electron chi connectivity index (χ2n) is 2.82. The van der Waals surface area contributed by atoms with E-state index in [-0.39, 0.29) is 0 Å². The Morgan fingerprint density at radius 1 is 1.57 bits per heavy atom. The lowest BCUT2D eigenvalue weighted by Gasteiger charge is -2.04. The zero-order valence-electron chi connectivity index (χ0n) is 8.16. The van der Waals surface area contributed by atoms with Crippen LogP contribution in [0.5, 0.6) is 0 Å². The highest BCUT2D eigenvalue weighted by molar-refractivity contribution is 7.98. The maximum atomic E-state index is 8.54. The molecule has 1 heterocycles. The number of nitrogens with one attached hydrogen (secondary N) is 1. The van der Waals surface area contributed by atoms with E-state index in [1.165, 1.54) is 0 Å². The highest BCUT2D eigenvalue weighted by Crippen LogP contribution is 2.05. The molecule has 0 aliphatic carbocycles. The van der Waals surface area contributed by atoms with Crippen LogP contribution in [0.1, 0.15) is 12.1 Å². The van der Waals surface area contributed by atoms with E-state index in [4.69, 9.17) is 5.26 Å². The van der Waals surface area contributed by atoms with Gasteiger partial charge in [-0.3, -0.25) is 0 Å². The van der Waals surface area contributed by atoms with Crippen molar-refractivity contribution in [3.63, 3.8) is 0 Å². The number of hydrogen-bond donors (Lipinski definition) is 1. The van der Waals surface area contributed by atoms with E-state index in [9.17, 15) is 0 Å². The second kappa shape index (κ2) is 6.28. The number of thioether (sulfide) groups is 1. The summed E-state index contributed by atoms with van der Waals surface area (Å²) in [7, 11) is 0. The summed E-state index contributed by atoms with van der Waals surface area (Å²) in [6.45, 7) is 0.953. The zero-order chi connectivity index (χ0) is 10.2. The minimum atomic E-state index is 0.458. The Morgan fingerprint density at radius 3 is 3.00 bits per heavy atom. The van der Waals surface area contributed by atoms with Crippen LogP contribution in [-0.2, 0) is 0 Å². The van der Waals surface area contributed by atoms with E-state index in [0.29, 0.717) is 5.69 Å². The molecule has 14 heavy (non-hydrogen) atoms. The third kappa shape index (κ3) is 3.67. The first kappa shape index (κ1) is 10.9. The van der Waals surface area contributed by atoms with Gasteiger partial charge in [-0.2, -0.15) is 17.0 Å². The average molecular weight is 207 g/mol. The quantitative estimate of drug-likeness (QED) is 0.751. The van der Waals surface area contributed by atoms with Gasteiger partial charge < -0.3 is 5.32 Å². The van der Waals surface area contributed by atoms with Crippen molar-refractivity contribution in [2.75, 3.05) is 23.9 Å². The fraction of sp³-hybridized carbons (Fsp3) is 0.400. The van der Waals surface area contributed by atoms with Crippen LogP contribution in [0.15, 0.2) is 18.3 Å². The summed E-state index contributed by atoms with van der Waals surface area (Å²) < 4.78 is 0. The topological polar surface area (TPSA) is 48.7 Å². The maximum Gasteiger partial charge on any atom is 0.140 e. The van der Waals surface area contributed by atoms with Crippen LogP contribution in [0.4, 0.5) is 5.69 Å². The summed E-state index contributed by atoms with van der Waals surface area (Å²) in [5.41, 5.74) is 1.43. The molecule has 1 aromatic rings. The van der Waals surface area contributed by atoms with Gasteiger partial charge in [-0.25, -0.2) is 4.98 Å². The highest BCUT2D eigenvalue weighted by atomic mass is 32.2. The number of aromatic nitrogens is 1. The minimum absolute atomic E-state index is 0.458.